The Hall–Kier alpha value is -2.36. The Bertz CT molecular complexity index is 689. The minimum absolute atomic E-state index is 0.0395. The summed E-state index contributed by atoms with van der Waals surface area (Å²) in [6.45, 7) is 0.765. The van der Waals surface area contributed by atoms with E-state index in [1.165, 1.54) is 12.1 Å². The first kappa shape index (κ1) is 21.9. The Labute approximate surface area is 159 Å². The van der Waals surface area contributed by atoms with Crippen LogP contribution in [0.25, 0.3) is 0 Å². The van der Waals surface area contributed by atoms with E-state index < -0.39 is 36.7 Å². The molecule has 1 aliphatic carbocycles. The van der Waals surface area contributed by atoms with E-state index in [4.69, 9.17) is 9.47 Å². The molecule has 2 rings (SSSR count). The van der Waals surface area contributed by atoms with Crippen LogP contribution in [0.4, 0.5) is 22.4 Å². The number of ether oxygens (including phenoxy) is 2. The molecule has 156 valence electrons. The van der Waals surface area contributed by atoms with Crippen LogP contribution in [0.5, 0.6) is 5.75 Å². The Morgan fingerprint density at radius 3 is 2.43 bits per heavy atom. The number of amides is 2. The largest absolute Gasteiger partial charge is 0.412 e. The first-order chi connectivity index (χ1) is 13.2. The molecule has 28 heavy (non-hydrogen) atoms. The lowest BCUT2D eigenvalue weighted by molar-refractivity contribution is -0.188. The van der Waals surface area contributed by atoms with E-state index in [2.05, 4.69) is 10.6 Å². The van der Waals surface area contributed by atoms with Crippen molar-refractivity contribution in [3.05, 3.63) is 29.6 Å². The summed E-state index contributed by atoms with van der Waals surface area (Å²) in [6.07, 6.45) is -3.97. The summed E-state index contributed by atoms with van der Waals surface area (Å²) in [4.78, 5) is 23.6. The van der Waals surface area contributed by atoms with Crippen LogP contribution in [-0.2, 0) is 4.74 Å². The third-order valence-electron chi connectivity index (χ3n) is 4.21. The summed E-state index contributed by atoms with van der Waals surface area (Å²) in [5, 5.41) is 5.06. The van der Waals surface area contributed by atoms with Gasteiger partial charge in [0.1, 0.15) is 18.2 Å². The van der Waals surface area contributed by atoms with Gasteiger partial charge in [-0.05, 0) is 44.7 Å². The molecule has 0 atom stereocenters. The zero-order chi connectivity index (χ0) is 20.7. The third kappa shape index (κ3) is 6.99. The highest BCUT2D eigenvalue weighted by atomic mass is 19.4. The molecule has 0 unspecified atom stereocenters. The summed E-state index contributed by atoms with van der Waals surface area (Å²) in [5.74, 6) is -1.52. The number of carbonyl (C=O) groups is 2. The van der Waals surface area contributed by atoms with Gasteiger partial charge in [-0.3, -0.25) is 4.79 Å². The number of rotatable bonds is 6. The molecule has 0 bridgehead atoms. The molecule has 1 aromatic carbocycles. The molecule has 2 amide bonds. The fourth-order valence-electron chi connectivity index (χ4n) is 2.88. The van der Waals surface area contributed by atoms with Crippen molar-refractivity contribution in [3.63, 3.8) is 0 Å². The van der Waals surface area contributed by atoms with Crippen LogP contribution in [0, 0.1) is 5.82 Å². The first-order valence-corrected chi connectivity index (χ1v) is 8.92. The van der Waals surface area contributed by atoms with Gasteiger partial charge in [-0.15, -0.1) is 0 Å². The molecular weight excluding hydrogens is 384 g/mol. The molecule has 2 N–H and O–H groups in total. The zero-order valence-corrected chi connectivity index (χ0v) is 15.3. The average Bonchev–Trinajstić information content (AvgIpc) is 2.60. The number of benzene rings is 1. The summed E-state index contributed by atoms with van der Waals surface area (Å²) in [6, 6.07) is 3.17. The minimum atomic E-state index is -4.37. The molecule has 6 nitrogen and oxygen atoms in total. The van der Waals surface area contributed by atoms with Gasteiger partial charge in [0.05, 0.1) is 11.7 Å². The summed E-state index contributed by atoms with van der Waals surface area (Å²) < 4.78 is 60.4. The van der Waals surface area contributed by atoms with E-state index in [0.717, 1.165) is 6.07 Å². The van der Waals surface area contributed by atoms with Crippen LogP contribution in [0.3, 0.4) is 0 Å². The van der Waals surface area contributed by atoms with E-state index in [9.17, 15) is 27.2 Å². The molecule has 1 aliphatic rings. The van der Waals surface area contributed by atoms with Crippen LogP contribution >= 0.6 is 0 Å². The van der Waals surface area contributed by atoms with Crippen molar-refractivity contribution in [1.29, 1.82) is 0 Å². The SMILES string of the molecule is CCNC(=O)Oc1ccc(C(=O)NC2CCC(OCC(F)(F)F)CC2)c(F)c1. The van der Waals surface area contributed by atoms with Crippen LogP contribution in [-0.4, -0.2) is 43.5 Å². The van der Waals surface area contributed by atoms with Crippen LogP contribution in [0.2, 0.25) is 0 Å². The summed E-state index contributed by atoms with van der Waals surface area (Å²) in [5.41, 5.74) is -0.210. The van der Waals surface area contributed by atoms with Gasteiger partial charge in [0, 0.05) is 18.7 Å². The number of hydrogen-bond donors (Lipinski definition) is 2. The first-order valence-electron chi connectivity index (χ1n) is 8.92. The zero-order valence-electron chi connectivity index (χ0n) is 15.3. The predicted octanol–water partition coefficient (Wildman–Crippen LogP) is 3.55. The Morgan fingerprint density at radius 1 is 1.18 bits per heavy atom. The minimum Gasteiger partial charge on any atom is -0.410 e. The fourth-order valence-corrected chi connectivity index (χ4v) is 2.88. The molecule has 1 aromatic rings. The van der Waals surface area contributed by atoms with Crippen molar-refractivity contribution in [1.82, 2.24) is 10.6 Å². The van der Waals surface area contributed by atoms with Gasteiger partial charge in [0.2, 0.25) is 0 Å². The molecule has 0 saturated heterocycles. The highest BCUT2D eigenvalue weighted by molar-refractivity contribution is 5.94. The number of hydrogen-bond acceptors (Lipinski definition) is 4. The van der Waals surface area contributed by atoms with Crippen molar-refractivity contribution in [2.75, 3.05) is 13.2 Å². The molecule has 0 heterocycles. The van der Waals surface area contributed by atoms with Gasteiger partial charge in [0.25, 0.3) is 5.91 Å². The number of nitrogens with one attached hydrogen (secondary N) is 2. The van der Waals surface area contributed by atoms with Crippen LogP contribution in [0.1, 0.15) is 43.0 Å². The van der Waals surface area contributed by atoms with Crippen molar-refractivity contribution in [2.45, 2.75) is 50.9 Å². The molecule has 10 heteroatoms. The van der Waals surface area contributed by atoms with Gasteiger partial charge in [-0.25, -0.2) is 9.18 Å². The molecule has 0 radical (unpaired) electrons. The van der Waals surface area contributed by atoms with Gasteiger partial charge < -0.3 is 20.1 Å². The monoisotopic (exact) mass is 406 g/mol. The Balaban J connectivity index is 1.84. The number of alkyl halides is 3. The normalized spacial score (nSPS) is 19.8. The molecule has 0 spiro atoms. The smallest absolute Gasteiger partial charge is 0.410 e. The molecule has 1 fully saturated rings. The second kappa shape index (κ2) is 9.72. The topological polar surface area (TPSA) is 76.7 Å². The average molecular weight is 406 g/mol. The van der Waals surface area contributed by atoms with E-state index >= 15 is 0 Å². The Morgan fingerprint density at radius 2 is 1.86 bits per heavy atom. The number of halogens is 4. The predicted molar refractivity (Wildman–Crippen MR) is 91.6 cm³/mol. The highest BCUT2D eigenvalue weighted by Gasteiger charge is 2.31. The quantitative estimate of drug-likeness (QED) is 0.709. The van der Waals surface area contributed by atoms with E-state index in [-0.39, 0.29) is 17.4 Å². The van der Waals surface area contributed by atoms with Crippen molar-refractivity contribution in [2.24, 2.45) is 0 Å². The molecule has 0 aliphatic heterocycles. The highest BCUT2D eigenvalue weighted by Crippen LogP contribution is 2.25. The van der Waals surface area contributed by atoms with Crippen molar-refractivity contribution >= 4 is 12.0 Å². The summed E-state index contributed by atoms with van der Waals surface area (Å²) in [7, 11) is 0. The maximum atomic E-state index is 14.2. The van der Waals surface area contributed by atoms with E-state index in [1.54, 1.807) is 6.92 Å². The lowest BCUT2D eigenvalue weighted by Crippen LogP contribution is -2.40. The maximum Gasteiger partial charge on any atom is 0.412 e. The Kier molecular flexibility index (Phi) is 7.61. The standard InChI is InChI=1S/C18H22F4N2O4/c1-2-23-17(26)28-13-7-8-14(15(19)9-13)16(25)24-11-3-5-12(6-4-11)27-10-18(20,21)22/h7-9,11-12H,2-6,10H2,1H3,(H,23,26)(H,24,25). The number of carbonyl (C=O) groups excluding carboxylic acids is 2. The molecule has 0 aromatic heterocycles. The van der Waals surface area contributed by atoms with Gasteiger partial charge >= 0.3 is 12.3 Å². The van der Waals surface area contributed by atoms with Gasteiger partial charge in [0.15, 0.2) is 0 Å². The second-order valence-corrected chi connectivity index (χ2v) is 6.43. The lowest BCUT2D eigenvalue weighted by atomic mass is 9.92. The fraction of sp³-hybridized carbons (Fsp3) is 0.556. The second-order valence-electron chi connectivity index (χ2n) is 6.43. The van der Waals surface area contributed by atoms with E-state index in [1.807, 2.05) is 0 Å². The van der Waals surface area contributed by atoms with Gasteiger partial charge in [-0.1, -0.05) is 0 Å². The summed E-state index contributed by atoms with van der Waals surface area (Å²) >= 11 is 0. The molecule has 1 saturated carbocycles. The third-order valence-corrected chi connectivity index (χ3v) is 4.21. The molecular formula is C18H22F4N2O4. The van der Waals surface area contributed by atoms with Crippen molar-refractivity contribution < 1.29 is 36.6 Å². The van der Waals surface area contributed by atoms with Crippen LogP contribution in [0.15, 0.2) is 18.2 Å². The van der Waals surface area contributed by atoms with Crippen LogP contribution < -0.4 is 15.4 Å². The van der Waals surface area contributed by atoms with Gasteiger partial charge in [-0.2, -0.15) is 13.2 Å². The van der Waals surface area contributed by atoms with E-state index in [0.29, 0.717) is 32.2 Å². The lowest BCUT2D eigenvalue weighted by Gasteiger charge is -2.29. The maximum absolute atomic E-state index is 14.2. The van der Waals surface area contributed by atoms with Crippen molar-refractivity contribution in [3.8, 4) is 5.75 Å².